The molecule has 0 atom stereocenters. The first kappa shape index (κ1) is 23.4. The van der Waals surface area contributed by atoms with Gasteiger partial charge < -0.3 is 0 Å². The maximum Gasteiger partial charge on any atom is 0.269 e. The number of hydrogen-bond acceptors (Lipinski definition) is 2. The molecular weight excluding hydrogens is 342 g/mol. The van der Waals surface area contributed by atoms with E-state index in [0.29, 0.717) is 0 Å². The van der Waals surface area contributed by atoms with Crippen LogP contribution in [0.2, 0.25) is 0 Å². The highest BCUT2D eigenvalue weighted by molar-refractivity contribution is 8.41. The largest absolute Gasteiger partial charge is 0.269 e. The van der Waals surface area contributed by atoms with E-state index in [4.69, 9.17) is 0 Å². The van der Waals surface area contributed by atoms with Crippen molar-refractivity contribution < 1.29 is 4.58 Å². The number of unbranched alkanes of at least 4 members (excludes halogenated alkanes) is 15. The minimum Gasteiger partial charge on any atom is -0.221 e. The number of thioether (sulfide) groups is 2. The first-order chi connectivity index (χ1) is 12.3. The Morgan fingerprint density at radius 1 is 0.600 bits per heavy atom. The van der Waals surface area contributed by atoms with Crippen molar-refractivity contribution in [3.8, 4) is 0 Å². The van der Waals surface area contributed by atoms with Gasteiger partial charge in [-0.25, -0.2) is 4.58 Å². The maximum absolute atomic E-state index is 2.48. The Bertz CT molecular complexity index is 320. The van der Waals surface area contributed by atoms with Gasteiger partial charge in [-0.05, 0) is 29.9 Å². The van der Waals surface area contributed by atoms with Gasteiger partial charge >= 0.3 is 0 Å². The number of rotatable bonds is 17. The highest BCUT2D eigenvalue weighted by Crippen LogP contribution is 2.25. The second-order valence-corrected chi connectivity index (χ2v) is 10.1. The Morgan fingerprint density at radius 3 is 1.36 bits per heavy atom. The summed E-state index contributed by atoms with van der Waals surface area (Å²) >= 11 is 4.09. The summed E-state index contributed by atoms with van der Waals surface area (Å²) in [5.41, 5.74) is 0. The van der Waals surface area contributed by atoms with Gasteiger partial charge in [-0.2, -0.15) is 0 Å². The van der Waals surface area contributed by atoms with Crippen LogP contribution in [0, 0.1) is 0 Å². The topological polar surface area (TPSA) is 3.01 Å². The molecule has 0 bridgehead atoms. The quantitative estimate of drug-likeness (QED) is 0.186. The zero-order valence-corrected chi connectivity index (χ0v) is 18.8. The van der Waals surface area contributed by atoms with E-state index in [1.165, 1.54) is 121 Å². The van der Waals surface area contributed by atoms with Crippen LogP contribution in [0.15, 0.2) is 0 Å². The van der Waals surface area contributed by atoms with Crippen LogP contribution in [0.3, 0.4) is 0 Å². The predicted molar refractivity (Wildman–Crippen MR) is 121 cm³/mol. The summed E-state index contributed by atoms with van der Waals surface area (Å²) in [4.78, 5) is 0. The molecule has 0 aromatic carbocycles. The van der Waals surface area contributed by atoms with E-state index in [2.05, 4.69) is 18.5 Å². The first-order valence-electron chi connectivity index (χ1n) is 11.2. The van der Waals surface area contributed by atoms with Crippen molar-refractivity contribution in [2.45, 2.75) is 110 Å². The predicted octanol–water partition coefficient (Wildman–Crippen LogP) is 7.73. The van der Waals surface area contributed by atoms with Crippen LogP contribution in [0.1, 0.15) is 110 Å². The monoisotopic (exact) mass is 386 g/mol. The number of nitrogens with zero attached hydrogens (tertiary/aromatic N) is 1. The molecule has 1 aliphatic rings. The highest BCUT2D eigenvalue weighted by atomic mass is 32.2. The minimum atomic E-state index is 1.26. The Hall–Kier alpha value is 0.370. The lowest BCUT2D eigenvalue weighted by Gasteiger charge is -2.03. The van der Waals surface area contributed by atoms with Gasteiger partial charge in [0, 0.05) is 17.9 Å². The van der Waals surface area contributed by atoms with E-state index < -0.39 is 0 Å². The van der Waals surface area contributed by atoms with Crippen LogP contribution in [-0.2, 0) is 0 Å². The van der Waals surface area contributed by atoms with Gasteiger partial charge in [0.2, 0.25) is 0 Å². The Kier molecular flexibility index (Phi) is 16.6. The van der Waals surface area contributed by atoms with E-state index in [1.54, 1.807) is 4.38 Å². The standard InChI is InChI=1S/C22H44NS2/c1-3-4-5-6-7-8-9-10-11-12-13-14-15-16-17-18-19-23(2)22-24-20-21-25-22/h3-21H2,1-2H3/q+1. The Morgan fingerprint density at radius 2 is 0.960 bits per heavy atom. The minimum absolute atomic E-state index is 1.26. The molecule has 1 aliphatic heterocycles. The van der Waals surface area contributed by atoms with Gasteiger partial charge in [0.25, 0.3) is 4.38 Å². The third-order valence-corrected chi connectivity index (χ3v) is 8.09. The van der Waals surface area contributed by atoms with Crippen LogP contribution in [0.4, 0.5) is 0 Å². The fourth-order valence-corrected chi connectivity index (χ4v) is 5.98. The molecule has 0 aromatic rings. The van der Waals surface area contributed by atoms with Crippen molar-refractivity contribution in [2.75, 3.05) is 25.1 Å². The molecule has 1 fully saturated rings. The molecule has 3 heteroatoms. The molecule has 0 aliphatic carbocycles. The fourth-order valence-electron chi connectivity index (χ4n) is 3.51. The molecular formula is C22H44NS2+. The van der Waals surface area contributed by atoms with Crippen LogP contribution in [0.5, 0.6) is 0 Å². The van der Waals surface area contributed by atoms with Gasteiger partial charge in [-0.3, -0.25) is 0 Å². The second-order valence-electron chi connectivity index (χ2n) is 7.69. The van der Waals surface area contributed by atoms with Gasteiger partial charge in [0.1, 0.15) is 13.6 Å². The van der Waals surface area contributed by atoms with Crippen molar-refractivity contribution in [3.63, 3.8) is 0 Å². The fraction of sp³-hybridized carbons (Fsp3) is 0.955. The summed E-state index contributed by atoms with van der Waals surface area (Å²) in [5, 5.41) is 0. The highest BCUT2D eigenvalue weighted by Gasteiger charge is 2.18. The molecule has 25 heavy (non-hydrogen) atoms. The molecule has 0 N–H and O–H groups in total. The molecule has 1 nitrogen and oxygen atoms in total. The normalized spacial score (nSPS) is 14.4. The third kappa shape index (κ3) is 14.1. The van der Waals surface area contributed by atoms with Gasteiger partial charge in [-0.15, -0.1) is 0 Å². The molecule has 0 unspecified atom stereocenters. The summed E-state index contributed by atoms with van der Waals surface area (Å²) in [7, 11) is 2.27. The average Bonchev–Trinajstić information content (AvgIpc) is 3.16. The molecule has 0 spiro atoms. The van der Waals surface area contributed by atoms with Gasteiger partial charge in [0.15, 0.2) is 0 Å². The third-order valence-electron chi connectivity index (χ3n) is 5.19. The van der Waals surface area contributed by atoms with Crippen LogP contribution in [0.25, 0.3) is 0 Å². The van der Waals surface area contributed by atoms with Crippen molar-refractivity contribution in [2.24, 2.45) is 0 Å². The summed E-state index contributed by atoms with van der Waals surface area (Å²) in [6, 6.07) is 0. The molecule has 0 saturated carbocycles. The molecule has 0 amide bonds. The molecule has 1 rings (SSSR count). The Balaban J connectivity index is 1.73. The second kappa shape index (κ2) is 17.8. The van der Waals surface area contributed by atoms with Crippen LogP contribution < -0.4 is 0 Å². The smallest absolute Gasteiger partial charge is 0.221 e. The van der Waals surface area contributed by atoms with E-state index in [9.17, 15) is 0 Å². The van der Waals surface area contributed by atoms with Crippen molar-refractivity contribution in [1.29, 1.82) is 0 Å². The molecule has 0 aromatic heterocycles. The van der Waals surface area contributed by atoms with Gasteiger partial charge in [-0.1, -0.05) is 96.8 Å². The number of hydrogen-bond donors (Lipinski definition) is 0. The molecule has 0 radical (unpaired) electrons. The van der Waals surface area contributed by atoms with E-state index in [-0.39, 0.29) is 0 Å². The SMILES string of the molecule is CCCCCCCCCCCCCCCCCC[N+](C)=C1SCCS1. The summed E-state index contributed by atoms with van der Waals surface area (Å²) in [5.74, 6) is 2.62. The lowest BCUT2D eigenvalue weighted by Crippen LogP contribution is -2.12. The zero-order chi connectivity index (χ0) is 18.0. The first-order valence-corrected chi connectivity index (χ1v) is 13.2. The summed E-state index contributed by atoms with van der Waals surface area (Å²) < 4.78 is 4.03. The van der Waals surface area contributed by atoms with Gasteiger partial charge in [0.05, 0.1) is 0 Å². The van der Waals surface area contributed by atoms with E-state index in [0.717, 1.165) is 0 Å². The molecule has 1 heterocycles. The lowest BCUT2D eigenvalue weighted by atomic mass is 10.0. The summed E-state index contributed by atoms with van der Waals surface area (Å²) in [6.45, 7) is 3.56. The van der Waals surface area contributed by atoms with E-state index >= 15 is 0 Å². The van der Waals surface area contributed by atoms with Crippen LogP contribution in [-0.4, -0.2) is 34.0 Å². The van der Waals surface area contributed by atoms with E-state index in [1.807, 2.05) is 23.5 Å². The molecule has 148 valence electrons. The summed E-state index contributed by atoms with van der Waals surface area (Å²) in [6.07, 6.45) is 23.3. The van der Waals surface area contributed by atoms with Crippen molar-refractivity contribution >= 4 is 27.9 Å². The van der Waals surface area contributed by atoms with Crippen LogP contribution >= 0.6 is 23.5 Å². The lowest BCUT2D eigenvalue weighted by molar-refractivity contribution is -0.492. The van der Waals surface area contributed by atoms with Crippen molar-refractivity contribution in [1.82, 2.24) is 0 Å². The average molecular weight is 387 g/mol. The van der Waals surface area contributed by atoms with Crippen molar-refractivity contribution in [3.05, 3.63) is 0 Å². The molecule has 1 saturated heterocycles. The maximum atomic E-state index is 2.48. The Labute approximate surface area is 167 Å². The zero-order valence-electron chi connectivity index (χ0n) is 17.2.